The number of piperazine rings is 1. The molecule has 3 atom stereocenters. The highest BCUT2D eigenvalue weighted by Crippen LogP contribution is 2.31. The smallest absolute Gasteiger partial charge is 0.292 e. The number of halogens is 2. The molecule has 2 amide bonds. The summed E-state index contributed by atoms with van der Waals surface area (Å²) in [4.78, 5) is 32.9. The summed E-state index contributed by atoms with van der Waals surface area (Å²) in [7, 11) is 0. The van der Waals surface area contributed by atoms with Gasteiger partial charge in [-0.2, -0.15) is 0 Å². The van der Waals surface area contributed by atoms with Gasteiger partial charge in [0.25, 0.3) is 5.91 Å². The van der Waals surface area contributed by atoms with Crippen LogP contribution in [0.2, 0.25) is 10.0 Å². The first-order valence-corrected chi connectivity index (χ1v) is 12.1. The van der Waals surface area contributed by atoms with Crippen LogP contribution in [0.3, 0.4) is 0 Å². The van der Waals surface area contributed by atoms with E-state index in [0.29, 0.717) is 36.3 Å². The fourth-order valence-corrected chi connectivity index (χ4v) is 5.64. The van der Waals surface area contributed by atoms with Crippen LogP contribution in [0.4, 0.5) is 0 Å². The summed E-state index contributed by atoms with van der Waals surface area (Å²) >= 11 is 12.2. The molecule has 4 heterocycles. The lowest BCUT2D eigenvalue weighted by Crippen LogP contribution is -2.72. The average molecular weight is 493 g/mol. The van der Waals surface area contributed by atoms with E-state index in [1.54, 1.807) is 23.1 Å². The van der Waals surface area contributed by atoms with E-state index in [0.717, 1.165) is 31.5 Å². The van der Waals surface area contributed by atoms with Gasteiger partial charge >= 0.3 is 0 Å². The maximum Gasteiger partial charge on any atom is 0.292 e. The number of amides is 2. The van der Waals surface area contributed by atoms with E-state index < -0.39 is 0 Å². The Bertz CT molecular complexity index is 1010. The number of hydrogen-bond acceptors (Lipinski definition) is 6. The van der Waals surface area contributed by atoms with Crippen molar-refractivity contribution >= 4 is 35.0 Å². The van der Waals surface area contributed by atoms with Crippen molar-refractivity contribution in [2.45, 2.75) is 37.4 Å². The number of hydrogen-bond donors (Lipinski definition) is 0. The van der Waals surface area contributed by atoms with Crippen molar-refractivity contribution in [3.63, 3.8) is 0 Å². The van der Waals surface area contributed by atoms with Crippen molar-refractivity contribution in [2.75, 3.05) is 39.4 Å². The van der Waals surface area contributed by atoms with Crippen molar-refractivity contribution in [1.82, 2.24) is 19.9 Å². The Balaban J connectivity index is 1.42. The molecule has 5 rings (SSSR count). The van der Waals surface area contributed by atoms with Crippen molar-refractivity contribution in [3.05, 3.63) is 51.8 Å². The lowest BCUT2D eigenvalue weighted by molar-refractivity contribution is -0.149. The molecule has 0 spiro atoms. The van der Waals surface area contributed by atoms with Crippen molar-refractivity contribution < 1.29 is 18.8 Å². The number of benzene rings is 1. The van der Waals surface area contributed by atoms with Gasteiger partial charge in [0.2, 0.25) is 11.7 Å². The van der Waals surface area contributed by atoms with Crippen LogP contribution in [-0.2, 0) is 16.0 Å². The summed E-state index contributed by atoms with van der Waals surface area (Å²) < 4.78 is 11.1. The van der Waals surface area contributed by atoms with Crippen LogP contribution in [0.15, 0.2) is 35.0 Å². The van der Waals surface area contributed by atoms with Gasteiger partial charge in [-0.05, 0) is 43.6 Å². The Morgan fingerprint density at radius 3 is 2.45 bits per heavy atom. The Morgan fingerprint density at radius 2 is 1.73 bits per heavy atom. The van der Waals surface area contributed by atoms with Crippen LogP contribution in [0.5, 0.6) is 0 Å². The molecule has 0 aliphatic carbocycles. The van der Waals surface area contributed by atoms with Gasteiger partial charge in [-0.25, -0.2) is 0 Å². The molecule has 3 aliphatic heterocycles. The maximum absolute atomic E-state index is 13.5. The number of fused-ring (bicyclic) bond motifs is 1. The third-order valence-corrected chi connectivity index (χ3v) is 7.63. The van der Waals surface area contributed by atoms with Crippen LogP contribution in [-0.4, -0.2) is 89.2 Å². The van der Waals surface area contributed by atoms with Gasteiger partial charge in [0.1, 0.15) is 0 Å². The molecule has 8 nitrogen and oxygen atoms in total. The minimum absolute atomic E-state index is 0.0150. The van der Waals surface area contributed by atoms with Gasteiger partial charge in [-0.3, -0.25) is 14.5 Å². The predicted octanol–water partition coefficient (Wildman–Crippen LogP) is 2.74. The zero-order valence-electron chi connectivity index (χ0n) is 18.2. The molecule has 0 radical (unpaired) electrons. The Kier molecular flexibility index (Phi) is 6.60. The Morgan fingerprint density at radius 1 is 0.970 bits per heavy atom. The fourth-order valence-electron chi connectivity index (χ4n) is 5.31. The van der Waals surface area contributed by atoms with Crippen LogP contribution in [0.25, 0.3) is 0 Å². The van der Waals surface area contributed by atoms with Gasteiger partial charge in [0.15, 0.2) is 0 Å². The maximum atomic E-state index is 13.5. The van der Waals surface area contributed by atoms with E-state index in [9.17, 15) is 9.59 Å². The highest BCUT2D eigenvalue weighted by atomic mass is 35.5. The molecule has 176 valence electrons. The third kappa shape index (κ3) is 4.49. The molecule has 0 unspecified atom stereocenters. The molecule has 1 aromatic carbocycles. The minimum atomic E-state index is -0.256. The second-order valence-corrected chi connectivity index (χ2v) is 9.61. The Hall–Kier alpha value is -2.13. The Labute approximate surface area is 202 Å². The molecule has 3 fully saturated rings. The first kappa shape index (κ1) is 22.7. The quantitative estimate of drug-likeness (QED) is 0.652. The van der Waals surface area contributed by atoms with Gasteiger partial charge in [0.05, 0.1) is 54.0 Å². The summed E-state index contributed by atoms with van der Waals surface area (Å²) in [6.45, 7) is 3.73. The van der Waals surface area contributed by atoms with Gasteiger partial charge in [-0.1, -0.05) is 34.4 Å². The molecule has 0 N–H and O–H groups in total. The molecule has 2 aromatic rings. The second kappa shape index (κ2) is 9.62. The fraction of sp³-hybridized carbons (Fsp3) is 0.522. The highest BCUT2D eigenvalue weighted by Gasteiger charge is 2.49. The standard InChI is InChI=1S/C23H26Cl2N4O4/c24-16-4-3-15(11-17(16)25)12-21(30)29-10-9-28(23(31)20-5-6-26-33-20)19-14-32-13-18(22(19)29)27-7-1-2-8-27/h3-6,11,18-19,22H,1-2,7-10,12-14H2/t18-,19+,22+/m0/s1. The zero-order valence-corrected chi connectivity index (χ0v) is 19.7. The summed E-state index contributed by atoms with van der Waals surface area (Å²) in [5.41, 5.74) is 0.816. The normalized spacial score (nSPS) is 25.8. The molecule has 3 saturated heterocycles. The lowest BCUT2D eigenvalue weighted by Gasteiger charge is -2.54. The first-order chi connectivity index (χ1) is 16.0. The first-order valence-electron chi connectivity index (χ1n) is 11.3. The number of aromatic nitrogens is 1. The van der Waals surface area contributed by atoms with E-state index in [2.05, 4.69) is 10.1 Å². The largest absolute Gasteiger partial charge is 0.378 e. The molecular formula is C23H26Cl2N4O4. The average Bonchev–Trinajstić information content (AvgIpc) is 3.54. The number of carbonyl (C=O) groups excluding carboxylic acids is 2. The molecule has 10 heteroatoms. The lowest BCUT2D eigenvalue weighted by atomic mass is 9.90. The van der Waals surface area contributed by atoms with Gasteiger partial charge in [0, 0.05) is 19.2 Å². The number of ether oxygens (including phenoxy) is 1. The monoisotopic (exact) mass is 492 g/mol. The van der Waals surface area contributed by atoms with Crippen molar-refractivity contribution in [1.29, 1.82) is 0 Å². The van der Waals surface area contributed by atoms with Crippen LogP contribution in [0, 0.1) is 0 Å². The topological polar surface area (TPSA) is 79.1 Å². The van der Waals surface area contributed by atoms with Crippen LogP contribution < -0.4 is 0 Å². The van der Waals surface area contributed by atoms with E-state index in [1.165, 1.54) is 6.20 Å². The van der Waals surface area contributed by atoms with E-state index >= 15 is 0 Å². The summed E-state index contributed by atoms with van der Waals surface area (Å²) in [5, 5.41) is 4.57. The number of rotatable bonds is 4. The van der Waals surface area contributed by atoms with Crippen molar-refractivity contribution in [2.24, 2.45) is 0 Å². The second-order valence-electron chi connectivity index (χ2n) is 8.79. The van der Waals surface area contributed by atoms with Crippen LogP contribution in [0.1, 0.15) is 29.0 Å². The third-order valence-electron chi connectivity index (χ3n) is 6.89. The van der Waals surface area contributed by atoms with Crippen LogP contribution >= 0.6 is 23.2 Å². The highest BCUT2D eigenvalue weighted by molar-refractivity contribution is 6.42. The molecular weight excluding hydrogens is 467 g/mol. The summed E-state index contributed by atoms with van der Waals surface area (Å²) in [6.07, 6.45) is 3.95. The van der Waals surface area contributed by atoms with E-state index in [4.69, 9.17) is 32.5 Å². The van der Waals surface area contributed by atoms with Gasteiger partial charge < -0.3 is 19.1 Å². The molecule has 3 aliphatic rings. The number of carbonyl (C=O) groups is 2. The summed E-state index contributed by atoms with van der Waals surface area (Å²) in [5.74, 6) is -0.00127. The van der Waals surface area contributed by atoms with E-state index in [-0.39, 0.29) is 42.1 Å². The number of likely N-dealkylation sites (tertiary alicyclic amines) is 1. The zero-order chi connectivity index (χ0) is 22.9. The predicted molar refractivity (Wildman–Crippen MR) is 122 cm³/mol. The molecule has 1 aromatic heterocycles. The summed E-state index contributed by atoms with van der Waals surface area (Å²) in [6, 6.07) is 6.47. The minimum Gasteiger partial charge on any atom is -0.378 e. The number of nitrogens with zero attached hydrogens (tertiary/aromatic N) is 4. The van der Waals surface area contributed by atoms with E-state index in [1.807, 2.05) is 11.0 Å². The van der Waals surface area contributed by atoms with Crippen molar-refractivity contribution in [3.8, 4) is 0 Å². The van der Waals surface area contributed by atoms with Gasteiger partial charge in [-0.15, -0.1) is 0 Å². The molecule has 0 bridgehead atoms. The SMILES string of the molecule is O=C(Cc1ccc(Cl)c(Cl)c1)N1CCN(C(=O)c2ccno2)[C@@H]2COC[C@H](N3CCCC3)[C@H]21. The molecule has 0 saturated carbocycles. The molecule has 33 heavy (non-hydrogen) atoms.